The highest BCUT2D eigenvalue weighted by atomic mass is 35.5. The molecule has 0 aromatic heterocycles. The predicted molar refractivity (Wildman–Crippen MR) is 94.8 cm³/mol. The highest BCUT2D eigenvalue weighted by Gasteiger charge is 2.39. The monoisotopic (exact) mass is 361 g/mol. The van der Waals surface area contributed by atoms with E-state index in [1.165, 1.54) is 11.8 Å². The summed E-state index contributed by atoms with van der Waals surface area (Å²) in [5.74, 6) is -0.320. The van der Waals surface area contributed by atoms with Gasteiger partial charge in [0.25, 0.3) is 11.8 Å². The maximum Gasteiger partial charge on any atom is 0.261 e. The number of amides is 2. The first-order valence-electron chi connectivity index (χ1n) is 8.51. The van der Waals surface area contributed by atoms with E-state index in [2.05, 4.69) is 0 Å². The molecule has 1 aromatic rings. The van der Waals surface area contributed by atoms with Crippen molar-refractivity contribution in [2.24, 2.45) is 0 Å². The van der Waals surface area contributed by atoms with Gasteiger partial charge in [-0.05, 0) is 51.2 Å². The van der Waals surface area contributed by atoms with Crippen LogP contribution in [0.3, 0.4) is 0 Å². The molecule has 1 aromatic carbocycles. The van der Waals surface area contributed by atoms with Crippen molar-refractivity contribution in [1.82, 2.24) is 0 Å². The molecule has 0 saturated heterocycles. The number of ketones is 1. The van der Waals surface area contributed by atoms with E-state index < -0.39 is 6.10 Å². The predicted octanol–water partition coefficient (Wildman–Crippen LogP) is 3.83. The van der Waals surface area contributed by atoms with Gasteiger partial charge in [-0.25, -0.2) is 4.90 Å². The molecule has 1 atom stereocenters. The Kier molecular flexibility index (Phi) is 4.95. The topological polar surface area (TPSA) is 63.7 Å². The van der Waals surface area contributed by atoms with Gasteiger partial charge in [0.2, 0.25) is 0 Å². The Morgan fingerprint density at radius 1 is 1.20 bits per heavy atom. The van der Waals surface area contributed by atoms with Gasteiger partial charge >= 0.3 is 0 Å². The van der Waals surface area contributed by atoms with E-state index in [1.807, 2.05) is 6.92 Å². The number of Topliss-reactive ketones (excluding diaryl/α,β-unsaturated/α-hetero) is 1. The zero-order chi connectivity index (χ0) is 18.1. The van der Waals surface area contributed by atoms with Gasteiger partial charge in [-0.3, -0.25) is 14.4 Å². The lowest BCUT2D eigenvalue weighted by Gasteiger charge is -2.19. The second-order valence-corrected chi connectivity index (χ2v) is 6.76. The minimum atomic E-state index is -0.607. The number of nitrogens with zero attached hydrogens (tertiary/aromatic N) is 1. The molecule has 2 amide bonds. The second-order valence-electron chi connectivity index (χ2n) is 6.35. The average molecular weight is 362 g/mol. The number of ether oxygens (including phenoxy) is 1. The molecule has 25 heavy (non-hydrogen) atoms. The van der Waals surface area contributed by atoms with Crippen molar-refractivity contribution in [3.63, 3.8) is 0 Å². The van der Waals surface area contributed by atoms with Gasteiger partial charge in [-0.1, -0.05) is 18.5 Å². The summed E-state index contributed by atoms with van der Waals surface area (Å²) in [5, 5.41) is 0.334. The smallest absolute Gasteiger partial charge is 0.261 e. The van der Waals surface area contributed by atoms with Crippen LogP contribution in [0.4, 0.5) is 5.69 Å². The van der Waals surface area contributed by atoms with Crippen molar-refractivity contribution < 1.29 is 19.1 Å². The summed E-state index contributed by atoms with van der Waals surface area (Å²) in [6.45, 7) is 3.30. The lowest BCUT2D eigenvalue weighted by molar-refractivity contribution is -0.124. The minimum Gasteiger partial charge on any atom is -0.481 e. The fourth-order valence-corrected chi connectivity index (χ4v) is 3.46. The third-order valence-corrected chi connectivity index (χ3v) is 4.97. The molecule has 0 radical (unpaired) electrons. The van der Waals surface area contributed by atoms with E-state index in [0.29, 0.717) is 46.9 Å². The van der Waals surface area contributed by atoms with Crippen LogP contribution in [0, 0.1) is 0 Å². The molecule has 0 N–H and O–H groups in total. The van der Waals surface area contributed by atoms with Gasteiger partial charge in [0.15, 0.2) is 11.9 Å². The molecule has 3 rings (SSSR count). The third-order valence-electron chi connectivity index (χ3n) is 4.66. The second kappa shape index (κ2) is 7.00. The molecule has 5 nitrogen and oxygen atoms in total. The molecule has 0 saturated carbocycles. The summed E-state index contributed by atoms with van der Waals surface area (Å²) >= 11 is 6.17. The molecular weight excluding hydrogens is 342 g/mol. The van der Waals surface area contributed by atoms with Crippen LogP contribution < -0.4 is 9.64 Å². The highest BCUT2D eigenvalue weighted by Crippen LogP contribution is 2.38. The summed E-state index contributed by atoms with van der Waals surface area (Å²) in [4.78, 5) is 38.1. The first-order chi connectivity index (χ1) is 11.9. The van der Waals surface area contributed by atoms with Gasteiger partial charge in [0, 0.05) is 17.2 Å². The fourth-order valence-electron chi connectivity index (χ4n) is 3.30. The third kappa shape index (κ3) is 3.21. The van der Waals surface area contributed by atoms with Crippen molar-refractivity contribution in [2.45, 2.75) is 52.1 Å². The molecule has 6 heteroatoms. The van der Waals surface area contributed by atoms with Crippen LogP contribution in [0.5, 0.6) is 5.75 Å². The molecule has 1 unspecified atom stereocenters. The molecule has 1 heterocycles. The number of anilines is 1. The van der Waals surface area contributed by atoms with E-state index >= 15 is 0 Å². The maximum absolute atomic E-state index is 12.7. The normalized spacial score (nSPS) is 18.4. The van der Waals surface area contributed by atoms with Crippen LogP contribution in [0.25, 0.3) is 0 Å². The first kappa shape index (κ1) is 17.7. The SMILES string of the molecule is CCC(Oc1cc(N2C(=O)C3=C(CCCC3)C2=O)ccc1Cl)C(C)=O. The number of benzene rings is 1. The standard InChI is InChI=1S/C19H20ClNO4/c1-3-16(11(2)22)25-17-10-12(8-9-15(17)20)21-18(23)13-6-4-5-7-14(13)19(21)24/h8-10,16H,3-7H2,1-2H3. The number of imide groups is 1. The summed E-state index contributed by atoms with van der Waals surface area (Å²) in [7, 11) is 0. The summed E-state index contributed by atoms with van der Waals surface area (Å²) in [5.41, 5.74) is 1.68. The molecule has 0 fully saturated rings. The zero-order valence-corrected chi connectivity index (χ0v) is 15.1. The van der Waals surface area contributed by atoms with E-state index in [1.54, 1.807) is 18.2 Å². The van der Waals surface area contributed by atoms with Gasteiger partial charge in [-0.2, -0.15) is 0 Å². The first-order valence-corrected chi connectivity index (χ1v) is 8.89. The zero-order valence-electron chi connectivity index (χ0n) is 14.3. The van der Waals surface area contributed by atoms with Crippen molar-refractivity contribution in [1.29, 1.82) is 0 Å². The number of rotatable bonds is 5. The van der Waals surface area contributed by atoms with Crippen LogP contribution >= 0.6 is 11.6 Å². The Morgan fingerprint density at radius 3 is 2.32 bits per heavy atom. The van der Waals surface area contributed by atoms with Crippen molar-refractivity contribution in [3.8, 4) is 5.75 Å². The van der Waals surface area contributed by atoms with E-state index in [-0.39, 0.29) is 17.6 Å². The molecular formula is C19H20ClNO4. The van der Waals surface area contributed by atoms with E-state index in [4.69, 9.17) is 16.3 Å². The van der Waals surface area contributed by atoms with Crippen LogP contribution in [-0.2, 0) is 14.4 Å². The minimum absolute atomic E-state index is 0.102. The number of carbonyl (C=O) groups is 3. The van der Waals surface area contributed by atoms with E-state index in [9.17, 15) is 14.4 Å². The number of carbonyl (C=O) groups excluding carboxylic acids is 3. The van der Waals surface area contributed by atoms with Crippen molar-refractivity contribution in [2.75, 3.05) is 4.90 Å². The Balaban J connectivity index is 1.91. The van der Waals surface area contributed by atoms with Crippen molar-refractivity contribution in [3.05, 3.63) is 34.4 Å². The summed E-state index contributed by atoms with van der Waals surface area (Å²) < 4.78 is 5.70. The molecule has 1 aliphatic carbocycles. The molecule has 0 bridgehead atoms. The molecule has 132 valence electrons. The van der Waals surface area contributed by atoms with Crippen LogP contribution in [-0.4, -0.2) is 23.7 Å². The lowest BCUT2D eigenvalue weighted by atomic mass is 9.93. The van der Waals surface area contributed by atoms with Gasteiger partial charge in [0.05, 0.1) is 10.7 Å². The number of hydrogen-bond donors (Lipinski definition) is 0. The molecule has 1 aliphatic heterocycles. The Morgan fingerprint density at radius 2 is 1.80 bits per heavy atom. The molecule has 0 spiro atoms. The molecule has 2 aliphatic rings. The van der Waals surface area contributed by atoms with Crippen LogP contribution in [0.15, 0.2) is 29.3 Å². The summed E-state index contributed by atoms with van der Waals surface area (Å²) in [6, 6.07) is 4.76. The van der Waals surface area contributed by atoms with Gasteiger partial charge in [0.1, 0.15) is 5.75 Å². The maximum atomic E-state index is 12.7. The van der Waals surface area contributed by atoms with Crippen LogP contribution in [0.2, 0.25) is 5.02 Å². The lowest BCUT2D eigenvalue weighted by Crippen LogP contribution is -2.31. The van der Waals surface area contributed by atoms with Crippen molar-refractivity contribution >= 4 is 34.9 Å². The quantitative estimate of drug-likeness (QED) is 0.748. The highest BCUT2D eigenvalue weighted by molar-refractivity contribution is 6.34. The Bertz CT molecular complexity index is 756. The largest absolute Gasteiger partial charge is 0.481 e. The number of hydrogen-bond acceptors (Lipinski definition) is 4. The van der Waals surface area contributed by atoms with Gasteiger partial charge < -0.3 is 4.74 Å². The van der Waals surface area contributed by atoms with Gasteiger partial charge in [-0.15, -0.1) is 0 Å². The van der Waals surface area contributed by atoms with E-state index in [0.717, 1.165) is 12.8 Å². The summed E-state index contributed by atoms with van der Waals surface area (Å²) in [6.07, 6.45) is 3.05. The van der Waals surface area contributed by atoms with Crippen LogP contribution in [0.1, 0.15) is 46.0 Å². The fraction of sp³-hybridized carbons (Fsp3) is 0.421. The Hall–Kier alpha value is -2.14. The average Bonchev–Trinajstić information content (AvgIpc) is 2.85. The Labute approximate surface area is 151 Å². The number of halogens is 1.